The van der Waals surface area contributed by atoms with E-state index in [2.05, 4.69) is 15.4 Å². The number of carboxylic acid groups (broad SMARTS) is 1. The number of carbonyl (C=O) groups excluding carboxylic acids is 1. The van der Waals surface area contributed by atoms with Crippen LogP contribution in [0.3, 0.4) is 0 Å². The molecule has 3 N–H and O–H groups in total. The van der Waals surface area contributed by atoms with Gasteiger partial charge in [0.05, 0.1) is 12.6 Å². The first kappa shape index (κ1) is 12.9. The van der Waals surface area contributed by atoms with Crippen LogP contribution in [0, 0.1) is 0 Å². The Morgan fingerprint density at radius 1 is 1.50 bits per heavy atom. The lowest BCUT2D eigenvalue weighted by Gasteiger charge is -2.14. The Kier molecular flexibility index (Phi) is 5.82. The molecule has 0 spiro atoms. The third kappa shape index (κ3) is 4.20. The molecule has 0 rings (SSSR count). The highest BCUT2D eigenvalue weighted by Gasteiger charge is 2.18. The summed E-state index contributed by atoms with van der Waals surface area (Å²) in [6, 6.07) is -0.346. The Bertz CT molecular complexity index is 208. The molecule has 0 saturated carbocycles. The number of nitrogens with one attached hydrogen (secondary N) is 2. The maximum absolute atomic E-state index is 11.2. The second-order valence-corrected chi connectivity index (χ2v) is 2.82. The fourth-order valence-electron chi connectivity index (χ4n) is 0.749. The molecule has 0 aliphatic rings. The summed E-state index contributed by atoms with van der Waals surface area (Å²) in [7, 11) is 2.93. The molecular weight excluding hydrogens is 188 g/mol. The molecule has 2 unspecified atom stereocenters. The van der Waals surface area contributed by atoms with E-state index in [1.54, 1.807) is 14.0 Å². The number of rotatable bonds is 6. The van der Waals surface area contributed by atoms with E-state index in [0.717, 1.165) is 0 Å². The molecule has 0 saturated heterocycles. The van der Waals surface area contributed by atoms with Crippen LogP contribution in [0.25, 0.3) is 0 Å². The van der Waals surface area contributed by atoms with Crippen LogP contribution in [0.5, 0.6) is 0 Å². The van der Waals surface area contributed by atoms with Crippen LogP contribution < -0.4 is 10.6 Å². The first-order valence-electron chi connectivity index (χ1n) is 4.23. The van der Waals surface area contributed by atoms with Crippen LogP contribution in [0.1, 0.15) is 6.92 Å². The van der Waals surface area contributed by atoms with Crippen molar-refractivity contribution in [3.63, 3.8) is 0 Å². The number of ether oxygens (including phenoxy) is 1. The van der Waals surface area contributed by atoms with Gasteiger partial charge in [-0.2, -0.15) is 0 Å². The minimum Gasteiger partial charge on any atom is -0.479 e. The van der Waals surface area contributed by atoms with Crippen molar-refractivity contribution < 1.29 is 19.4 Å². The molecule has 82 valence electrons. The average Bonchev–Trinajstić information content (AvgIpc) is 2.16. The van der Waals surface area contributed by atoms with Gasteiger partial charge in [0.1, 0.15) is 0 Å². The molecular formula is C8H16N2O4. The molecule has 0 aromatic rings. The quantitative estimate of drug-likeness (QED) is 0.506. The molecule has 0 aliphatic carbocycles. The predicted molar refractivity (Wildman–Crippen MR) is 50.0 cm³/mol. The lowest BCUT2D eigenvalue weighted by molar-refractivity contribution is -0.148. The standard InChI is InChI=1S/C8H16N2O4/c1-5(9-2)7(11)10-4-6(14-3)8(12)13/h5-6,9H,4H2,1-3H3,(H,10,11)(H,12,13). The minimum atomic E-state index is -1.09. The molecule has 0 bridgehead atoms. The van der Waals surface area contributed by atoms with Gasteiger partial charge in [0.15, 0.2) is 6.10 Å². The number of methoxy groups -OCH3 is 1. The summed E-state index contributed by atoms with van der Waals surface area (Å²) in [5.74, 6) is -1.35. The number of hydrogen-bond acceptors (Lipinski definition) is 4. The van der Waals surface area contributed by atoms with Gasteiger partial charge >= 0.3 is 5.97 Å². The summed E-state index contributed by atoms with van der Waals surface area (Å²) >= 11 is 0. The minimum absolute atomic E-state index is 0.0311. The van der Waals surface area contributed by atoms with Crippen molar-refractivity contribution in [3.05, 3.63) is 0 Å². The summed E-state index contributed by atoms with van der Waals surface area (Å²) < 4.78 is 4.64. The summed E-state index contributed by atoms with van der Waals surface area (Å²) in [4.78, 5) is 21.7. The largest absolute Gasteiger partial charge is 0.479 e. The van der Waals surface area contributed by atoms with E-state index in [9.17, 15) is 9.59 Å². The number of hydrogen-bond donors (Lipinski definition) is 3. The predicted octanol–water partition coefficient (Wildman–Crippen LogP) is -1.19. The van der Waals surface area contributed by atoms with Crippen molar-refractivity contribution in [1.82, 2.24) is 10.6 Å². The number of carboxylic acids is 1. The van der Waals surface area contributed by atoms with E-state index in [0.29, 0.717) is 0 Å². The van der Waals surface area contributed by atoms with Crippen LogP contribution in [0.15, 0.2) is 0 Å². The third-order valence-electron chi connectivity index (χ3n) is 1.85. The lowest BCUT2D eigenvalue weighted by atomic mass is 10.3. The Morgan fingerprint density at radius 3 is 2.43 bits per heavy atom. The number of aliphatic carboxylic acids is 1. The molecule has 0 aliphatic heterocycles. The fourth-order valence-corrected chi connectivity index (χ4v) is 0.749. The number of carbonyl (C=O) groups is 2. The topological polar surface area (TPSA) is 87.7 Å². The van der Waals surface area contributed by atoms with Gasteiger partial charge in [-0.05, 0) is 14.0 Å². The van der Waals surface area contributed by atoms with E-state index in [-0.39, 0.29) is 18.5 Å². The third-order valence-corrected chi connectivity index (χ3v) is 1.85. The molecule has 6 heteroatoms. The SMILES string of the molecule is CNC(C)C(=O)NCC(OC)C(=O)O. The second kappa shape index (κ2) is 6.33. The van der Waals surface area contributed by atoms with E-state index in [1.165, 1.54) is 7.11 Å². The van der Waals surface area contributed by atoms with Gasteiger partial charge in [0, 0.05) is 7.11 Å². The Labute approximate surface area is 82.6 Å². The Balaban J connectivity index is 3.91. The van der Waals surface area contributed by atoms with Gasteiger partial charge < -0.3 is 20.5 Å². The van der Waals surface area contributed by atoms with E-state index >= 15 is 0 Å². The van der Waals surface area contributed by atoms with Gasteiger partial charge in [-0.3, -0.25) is 4.79 Å². The Morgan fingerprint density at radius 2 is 2.07 bits per heavy atom. The van der Waals surface area contributed by atoms with E-state index in [1.807, 2.05) is 0 Å². The molecule has 6 nitrogen and oxygen atoms in total. The molecule has 0 fully saturated rings. The van der Waals surface area contributed by atoms with Gasteiger partial charge in [-0.25, -0.2) is 4.79 Å². The second-order valence-electron chi connectivity index (χ2n) is 2.82. The van der Waals surface area contributed by atoms with Crippen molar-refractivity contribution >= 4 is 11.9 Å². The molecule has 0 aromatic heterocycles. The molecule has 0 heterocycles. The fraction of sp³-hybridized carbons (Fsp3) is 0.750. The van der Waals surface area contributed by atoms with Crippen LogP contribution in [0.4, 0.5) is 0 Å². The monoisotopic (exact) mass is 204 g/mol. The number of likely N-dealkylation sites (N-methyl/N-ethyl adjacent to an activating group) is 1. The van der Waals surface area contributed by atoms with Crippen LogP contribution in [-0.2, 0) is 14.3 Å². The van der Waals surface area contributed by atoms with Crippen LogP contribution in [0.2, 0.25) is 0 Å². The maximum Gasteiger partial charge on any atom is 0.334 e. The summed E-state index contributed by atoms with van der Waals surface area (Å²) in [5, 5.41) is 13.8. The molecule has 1 amide bonds. The smallest absolute Gasteiger partial charge is 0.334 e. The zero-order chi connectivity index (χ0) is 11.1. The molecule has 0 aromatic carbocycles. The van der Waals surface area contributed by atoms with Crippen LogP contribution in [-0.4, -0.2) is 49.8 Å². The molecule has 2 atom stereocenters. The highest BCUT2D eigenvalue weighted by atomic mass is 16.5. The highest BCUT2D eigenvalue weighted by molar-refractivity contribution is 5.82. The Hall–Kier alpha value is -1.14. The normalized spacial score (nSPS) is 14.5. The number of amides is 1. The van der Waals surface area contributed by atoms with E-state index < -0.39 is 12.1 Å². The summed E-state index contributed by atoms with van der Waals surface area (Å²) in [5.41, 5.74) is 0. The first-order valence-corrected chi connectivity index (χ1v) is 4.23. The van der Waals surface area contributed by atoms with Crippen molar-refractivity contribution in [2.45, 2.75) is 19.1 Å². The van der Waals surface area contributed by atoms with Crippen LogP contribution >= 0.6 is 0 Å². The van der Waals surface area contributed by atoms with Gasteiger partial charge in [-0.15, -0.1) is 0 Å². The summed E-state index contributed by atoms with van der Waals surface area (Å²) in [6.07, 6.45) is -0.997. The van der Waals surface area contributed by atoms with Crippen molar-refractivity contribution in [2.75, 3.05) is 20.7 Å². The van der Waals surface area contributed by atoms with Crippen molar-refractivity contribution in [3.8, 4) is 0 Å². The molecule has 0 radical (unpaired) electrons. The highest BCUT2D eigenvalue weighted by Crippen LogP contribution is 1.88. The maximum atomic E-state index is 11.2. The average molecular weight is 204 g/mol. The van der Waals surface area contributed by atoms with Crippen molar-refractivity contribution in [1.29, 1.82) is 0 Å². The molecule has 14 heavy (non-hydrogen) atoms. The van der Waals surface area contributed by atoms with Gasteiger partial charge in [-0.1, -0.05) is 0 Å². The lowest BCUT2D eigenvalue weighted by Crippen LogP contribution is -2.45. The summed E-state index contributed by atoms with van der Waals surface area (Å²) in [6.45, 7) is 1.65. The van der Waals surface area contributed by atoms with E-state index in [4.69, 9.17) is 5.11 Å². The first-order chi connectivity index (χ1) is 6.52. The van der Waals surface area contributed by atoms with Crippen molar-refractivity contribution in [2.24, 2.45) is 0 Å². The van der Waals surface area contributed by atoms with Gasteiger partial charge in [0.2, 0.25) is 5.91 Å². The zero-order valence-electron chi connectivity index (χ0n) is 8.53. The van der Waals surface area contributed by atoms with Gasteiger partial charge in [0.25, 0.3) is 0 Å². The zero-order valence-corrected chi connectivity index (χ0v) is 8.53.